The monoisotopic (exact) mass is 419 g/mol. The van der Waals surface area contributed by atoms with Crippen molar-refractivity contribution in [1.29, 1.82) is 0 Å². The molecule has 0 unspecified atom stereocenters. The number of ether oxygens (including phenoxy) is 2. The van der Waals surface area contributed by atoms with Crippen molar-refractivity contribution < 1.29 is 19.1 Å². The van der Waals surface area contributed by atoms with Crippen LogP contribution in [0.4, 0.5) is 0 Å². The first-order chi connectivity index (χ1) is 13.5. The lowest BCUT2D eigenvalue weighted by Gasteiger charge is -2.46. The van der Waals surface area contributed by atoms with Crippen LogP contribution in [0.2, 0.25) is 10.0 Å². The number of methoxy groups -OCH3 is 2. The topological polar surface area (TPSA) is 55.8 Å². The van der Waals surface area contributed by atoms with Crippen molar-refractivity contribution in [3.8, 4) is 0 Å². The van der Waals surface area contributed by atoms with E-state index >= 15 is 0 Å². The second-order valence-electron chi connectivity index (χ2n) is 6.30. The molecular formula is C21H19Cl2NO4. The third-order valence-corrected chi connectivity index (χ3v) is 5.18. The highest BCUT2D eigenvalue weighted by Crippen LogP contribution is 2.41. The maximum absolute atomic E-state index is 12.6. The average Bonchev–Trinajstić information content (AvgIpc) is 2.70. The summed E-state index contributed by atoms with van der Waals surface area (Å²) < 4.78 is 10.3. The van der Waals surface area contributed by atoms with E-state index in [1.807, 2.05) is 30.3 Å². The predicted molar refractivity (Wildman–Crippen MR) is 108 cm³/mol. The molecular weight excluding hydrogens is 401 g/mol. The summed E-state index contributed by atoms with van der Waals surface area (Å²) >= 11 is 12.3. The van der Waals surface area contributed by atoms with Crippen molar-refractivity contribution in [3.05, 3.63) is 75.3 Å². The Labute approximate surface area is 173 Å². The van der Waals surface area contributed by atoms with Gasteiger partial charge in [-0.05, 0) is 29.3 Å². The van der Waals surface area contributed by atoms with Crippen LogP contribution in [0.15, 0.2) is 54.1 Å². The SMILES string of the molecule is COC(=O)/C(=C/c1ccccc1)CN1C(=O)[C@@H](OC)[C@H]1c1ccc(Cl)cc1Cl. The van der Waals surface area contributed by atoms with Crippen molar-refractivity contribution in [1.82, 2.24) is 4.90 Å². The minimum atomic E-state index is -0.672. The van der Waals surface area contributed by atoms with Crippen molar-refractivity contribution in [2.75, 3.05) is 20.8 Å². The van der Waals surface area contributed by atoms with Crippen LogP contribution < -0.4 is 0 Å². The average molecular weight is 420 g/mol. The molecule has 0 spiro atoms. The van der Waals surface area contributed by atoms with E-state index in [0.717, 1.165) is 5.56 Å². The molecule has 0 aromatic heterocycles. The highest BCUT2D eigenvalue weighted by atomic mass is 35.5. The number of likely N-dealkylation sites (tertiary alicyclic amines) is 1. The third kappa shape index (κ3) is 4.07. The summed E-state index contributed by atoms with van der Waals surface area (Å²) in [4.78, 5) is 26.5. The van der Waals surface area contributed by atoms with Gasteiger partial charge in [0.15, 0.2) is 6.10 Å². The summed E-state index contributed by atoms with van der Waals surface area (Å²) in [6.07, 6.45) is 1.04. The van der Waals surface area contributed by atoms with Gasteiger partial charge >= 0.3 is 5.97 Å². The second kappa shape index (κ2) is 8.78. The Bertz CT molecular complexity index is 914. The zero-order valence-corrected chi connectivity index (χ0v) is 16.9. The number of hydrogen-bond donors (Lipinski definition) is 0. The van der Waals surface area contributed by atoms with Gasteiger partial charge in [0.1, 0.15) is 0 Å². The van der Waals surface area contributed by atoms with E-state index in [4.69, 9.17) is 32.7 Å². The number of rotatable bonds is 6. The summed E-state index contributed by atoms with van der Waals surface area (Å²) in [5, 5.41) is 0.933. The third-order valence-electron chi connectivity index (χ3n) is 4.61. The lowest BCUT2D eigenvalue weighted by atomic mass is 9.89. The molecule has 0 aliphatic carbocycles. The van der Waals surface area contributed by atoms with Crippen LogP contribution in [0, 0.1) is 0 Å². The molecule has 1 aliphatic rings. The minimum absolute atomic E-state index is 0.0733. The summed E-state index contributed by atoms with van der Waals surface area (Å²) in [5.41, 5.74) is 1.90. The number of amides is 1. The number of carbonyl (C=O) groups excluding carboxylic acids is 2. The standard InChI is InChI=1S/C21H19Cl2NO4/c1-27-19-18(16-9-8-15(22)11-17(16)23)24(20(19)25)12-14(21(26)28-2)10-13-6-4-3-5-7-13/h3-11,18-19H,12H2,1-2H3/b14-10+/t18-,19+/m1/s1. The van der Waals surface area contributed by atoms with E-state index in [9.17, 15) is 9.59 Å². The van der Waals surface area contributed by atoms with Crippen LogP contribution >= 0.6 is 23.2 Å². The molecule has 1 fully saturated rings. The molecule has 1 amide bonds. The molecule has 2 aromatic carbocycles. The summed E-state index contributed by atoms with van der Waals surface area (Å²) in [6.45, 7) is 0.0733. The van der Waals surface area contributed by atoms with E-state index in [2.05, 4.69) is 0 Å². The highest BCUT2D eigenvalue weighted by Gasteiger charge is 2.49. The molecule has 0 bridgehead atoms. The maximum atomic E-state index is 12.6. The molecule has 7 heteroatoms. The molecule has 146 valence electrons. The number of carbonyl (C=O) groups is 2. The first-order valence-electron chi connectivity index (χ1n) is 8.58. The van der Waals surface area contributed by atoms with Gasteiger partial charge in [-0.15, -0.1) is 0 Å². The van der Waals surface area contributed by atoms with Gasteiger partial charge in [0.05, 0.1) is 25.3 Å². The molecule has 0 saturated carbocycles. The fraction of sp³-hybridized carbons (Fsp3) is 0.238. The molecule has 1 heterocycles. The Morgan fingerprint density at radius 1 is 1.14 bits per heavy atom. The lowest BCUT2D eigenvalue weighted by Crippen LogP contribution is -2.60. The Kier molecular flexibility index (Phi) is 6.39. The molecule has 0 N–H and O–H groups in total. The van der Waals surface area contributed by atoms with E-state index < -0.39 is 18.1 Å². The number of halogens is 2. The number of esters is 1. The molecule has 3 rings (SSSR count). The smallest absolute Gasteiger partial charge is 0.335 e. The van der Waals surface area contributed by atoms with Gasteiger partial charge in [-0.25, -0.2) is 4.79 Å². The normalized spacial score (nSPS) is 19.4. The van der Waals surface area contributed by atoms with Gasteiger partial charge < -0.3 is 14.4 Å². The number of nitrogens with zero attached hydrogens (tertiary/aromatic N) is 1. The molecule has 2 atom stereocenters. The first kappa shape index (κ1) is 20.4. The van der Waals surface area contributed by atoms with Gasteiger partial charge in [0, 0.05) is 17.2 Å². The molecule has 2 aromatic rings. The van der Waals surface area contributed by atoms with Gasteiger partial charge in [-0.1, -0.05) is 59.6 Å². The predicted octanol–water partition coefficient (Wildman–Crippen LogP) is 4.15. The van der Waals surface area contributed by atoms with E-state index in [0.29, 0.717) is 21.2 Å². The Morgan fingerprint density at radius 2 is 1.86 bits per heavy atom. The summed E-state index contributed by atoms with van der Waals surface area (Å²) in [5.74, 6) is -0.722. The largest absolute Gasteiger partial charge is 0.466 e. The van der Waals surface area contributed by atoms with Crippen molar-refractivity contribution in [2.45, 2.75) is 12.1 Å². The van der Waals surface area contributed by atoms with E-state index in [1.165, 1.54) is 14.2 Å². The zero-order chi connectivity index (χ0) is 20.3. The fourth-order valence-electron chi connectivity index (χ4n) is 3.23. The van der Waals surface area contributed by atoms with Crippen LogP contribution in [-0.4, -0.2) is 43.6 Å². The first-order valence-corrected chi connectivity index (χ1v) is 9.34. The van der Waals surface area contributed by atoms with Gasteiger partial charge in [-0.2, -0.15) is 0 Å². The minimum Gasteiger partial charge on any atom is -0.466 e. The lowest BCUT2D eigenvalue weighted by molar-refractivity contribution is -0.170. The van der Waals surface area contributed by atoms with Crippen LogP contribution in [0.5, 0.6) is 0 Å². The number of benzene rings is 2. The van der Waals surface area contributed by atoms with Crippen molar-refractivity contribution in [2.24, 2.45) is 0 Å². The highest BCUT2D eigenvalue weighted by molar-refractivity contribution is 6.35. The van der Waals surface area contributed by atoms with Gasteiger partial charge in [0.25, 0.3) is 5.91 Å². The molecule has 28 heavy (non-hydrogen) atoms. The van der Waals surface area contributed by atoms with Crippen LogP contribution in [0.3, 0.4) is 0 Å². The number of β-lactam (4-membered cyclic amide) rings is 1. The van der Waals surface area contributed by atoms with Crippen LogP contribution in [-0.2, 0) is 19.1 Å². The molecule has 1 aliphatic heterocycles. The van der Waals surface area contributed by atoms with Crippen molar-refractivity contribution in [3.63, 3.8) is 0 Å². The molecule has 5 nitrogen and oxygen atoms in total. The molecule has 0 radical (unpaired) electrons. The Hall–Kier alpha value is -2.34. The zero-order valence-electron chi connectivity index (χ0n) is 15.4. The van der Waals surface area contributed by atoms with Crippen molar-refractivity contribution >= 4 is 41.2 Å². The van der Waals surface area contributed by atoms with Gasteiger partial charge in [0.2, 0.25) is 0 Å². The van der Waals surface area contributed by atoms with E-state index in [-0.39, 0.29) is 12.5 Å². The van der Waals surface area contributed by atoms with Crippen LogP contribution in [0.25, 0.3) is 6.08 Å². The van der Waals surface area contributed by atoms with Gasteiger partial charge in [-0.3, -0.25) is 4.79 Å². The summed E-state index contributed by atoms with van der Waals surface area (Å²) in [6, 6.07) is 14.0. The van der Waals surface area contributed by atoms with Crippen LogP contribution in [0.1, 0.15) is 17.2 Å². The Balaban J connectivity index is 1.93. The summed E-state index contributed by atoms with van der Waals surface area (Å²) in [7, 11) is 2.78. The fourth-order valence-corrected chi connectivity index (χ4v) is 3.75. The second-order valence-corrected chi connectivity index (χ2v) is 7.15. The maximum Gasteiger partial charge on any atom is 0.335 e. The van der Waals surface area contributed by atoms with E-state index in [1.54, 1.807) is 29.2 Å². The quantitative estimate of drug-likeness (QED) is 0.400. The molecule has 1 saturated heterocycles. The Morgan fingerprint density at radius 3 is 2.46 bits per heavy atom. The number of hydrogen-bond acceptors (Lipinski definition) is 4.